The van der Waals surface area contributed by atoms with Crippen molar-refractivity contribution >= 4 is 5.91 Å². The number of alkyl halides is 3. The summed E-state index contributed by atoms with van der Waals surface area (Å²) < 4.78 is 52.2. The molecule has 3 aromatic carbocycles. The van der Waals surface area contributed by atoms with E-state index in [0.29, 0.717) is 24.6 Å². The monoisotopic (exact) mass is 518 g/mol. The van der Waals surface area contributed by atoms with Crippen molar-refractivity contribution in [1.82, 2.24) is 10.6 Å². The Balaban J connectivity index is 1.54. The molecule has 1 atom stereocenters. The normalized spacial score (nSPS) is 12.8. The number of amides is 1. The van der Waals surface area contributed by atoms with Crippen LogP contribution in [0.25, 0.3) is 0 Å². The Kier molecular flexibility index (Phi) is 8.94. The Hall–Kier alpha value is -3.43. The molecule has 0 spiro atoms. The third-order valence-corrected chi connectivity index (χ3v) is 5.83. The number of rotatable bonds is 10. The summed E-state index contributed by atoms with van der Waals surface area (Å²) in [6, 6.07) is 16.0. The van der Waals surface area contributed by atoms with Crippen LogP contribution in [0.1, 0.15) is 47.8 Å². The molecule has 0 aliphatic rings. The Labute approximate surface area is 213 Å². The number of aliphatic hydroxyl groups is 1. The standard InChI is InChI=1S/C28H30F4N2O3/c1-27(2,34-17-25(36)21-6-8-24(35)9-7-21)15-19-5-3-4-18(10-19)13-26(37)33-16-20-11-22(28(30,31)32)14-23(29)12-20/h3-12,14,25,34-36H,13,15-17H2,1-2H3,(H,33,37). The zero-order valence-corrected chi connectivity index (χ0v) is 20.6. The van der Waals surface area contributed by atoms with Gasteiger partial charge in [0.15, 0.2) is 0 Å². The number of aliphatic hydroxyl groups excluding tert-OH is 1. The number of halogens is 4. The van der Waals surface area contributed by atoms with Crippen LogP contribution in [-0.2, 0) is 30.4 Å². The molecule has 0 bridgehead atoms. The molecule has 0 heterocycles. The highest BCUT2D eigenvalue weighted by Crippen LogP contribution is 2.30. The molecular weight excluding hydrogens is 488 g/mol. The quantitative estimate of drug-likeness (QED) is 0.283. The van der Waals surface area contributed by atoms with Crippen molar-refractivity contribution in [1.29, 1.82) is 0 Å². The average Bonchev–Trinajstić information content (AvgIpc) is 2.81. The number of hydrogen-bond acceptors (Lipinski definition) is 4. The summed E-state index contributed by atoms with van der Waals surface area (Å²) in [5.41, 5.74) is 0.911. The average molecular weight is 519 g/mol. The van der Waals surface area contributed by atoms with E-state index in [1.54, 1.807) is 18.2 Å². The van der Waals surface area contributed by atoms with E-state index in [1.807, 2.05) is 32.0 Å². The van der Waals surface area contributed by atoms with Crippen LogP contribution >= 0.6 is 0 Å². The van der Waals surface area contributed by atoms with Crippen molar-refractivity contribution in [3.8, 4) is 5.75 Å². The zero-order chi connectivity index (χ0) is 27.2. The van der Waals surface area contributed by atoms with E-state index in [9.17, 15) is 32.6 Å². The molecule has 0 aliphatic carbocycles. The highest BCUT2D eigenvalue weighted by atomic mass is 19.4. The summed E-state index contributed by atoms with van der Waals surface area (Å²) in [4.78, 5) is 12.4. The fourth-order valence-corrected chi connectivity index (χ4v) is 3.97. The van der Waals surface area contributed by atoms with Crippen molar-refractivity contribution in [2.24, 2.45) is 0 Å². The van der Waals surface area contributed by atoms with Crippen molar-refractivity contribution in [3.63, 3.8) is 0 Å². The van der Waals surface area contributed by atoms with Gasteiger partial charge in [0.05, 0.1) is 18.1 Å². The molecule has 5 nitrogen and oxygen atoms in total. The Morgan fingerprint density at radius 2 is 1.62 bits per heavy atom. The summed E-state index contributed by atoms with van der Waals surface area (Å²) in [7, 11) is 0. The lowest BCUT2D eigenvalue weighted by Crippen LogP contribution is -2.43. The van der Waals surface area contributed by atoms with Gasteiger partial charge >= 0.3 is 6.18 Å². The minimum Gasteiger partial charge on any atom is -0.508 e. The topological polar surface area (TPSA) is 81.6 Å². The number of phenols is 1. The van der Waals surface area contributed by atoms with E-state index in [-0.39, 0.29) is 29.8 Å². The number of carbonyl (C=O) groups excluding carboxylic acids is 1. The first-order valence-electron chi connectivity index (χ1n) is 11.7. The van der Waals surface area contributed by atoms with Crippen LogP contribution < -0.4 is 10.6 Å². The summed E-state index contributed by atoms with van der Waals surface area (Å²) in [5, 5.41) is 25.7. The fraction of sp³-hybridized carbons (Fsp3) is 0.321. The number of phenolic OH excluding ortho intramolecular Hbond substituents is 1. The maximum Gasteiger partial charge on any atom is 0.416 e. The molecule has 3 aromatic rings. The van der Waals surface area contributed by atoms with Crippen LogP contribution in [0.4, 0.5) is 17.6 Å². The highest BCUT2D eigenvalue weighted by Gasteiger charge is 2.31. The Bertz CT molecular complexity index is 1210. The van der Waals surface area contributed by atoms with Gasteiger partial charge in [0.1, 0.15) is 11.6 Å². The van der Waals surface area contributed by atoms with Crippen molar-refractivity contribution in [2.75, 3.05) is 6.54 Å². The van der Waals surface area contributed by atoms with E-state index in [2.05, 4.69) is 10.6 Å². The predicted molar refractivity (Wildman–Crippen MR) is 132 cm³/mol. The summed E-state index contributed by atoms with van der Waals surface area (Å²) in [5.74, 6) is -1.29. The first kappa shape index (κ1) is 28.1. The van der Waals surface area contributed by atoms with Gasteiger partial charge in [0.2, 0.25) is 5.91 Å². The van der Waals surface area contributed by atoms with Gasteiger partial charge in [-0.25, -0.2) is 4.39 Å². The van der Waals surface area contributed by atoms with Gasteiger partial charge in [0.25, 0.3) is 0 Å². The van der Waals surface area contributed by atoms with Crippen molar-refractivity contribution < 1.29 is 32.6 Å². The molecule has 1 unspecified atom stereocenters. The predicted octanol–water partition coefficient (Wildman–Crippen LogP) is 5.05. The number of aromatic hydroxyl groups is 1. The van der Waals surface area contributed by atoms with Gasteiger partial charge in [-0.1, -0.05) is 36.4 Å². The third kappa shape index (κ3) is 8.87. The van der Waals surface area contributed by atoms with Gasteiger partial charge in [-0.2, -0.15) is 13.2 Å². The number of benzene rings is 3. The second-order valence-corrected chi connectivity index (χ2v) is 9.67. The molecule has 0 aliphatic heterocycles. The lowest BCUT2D eigenvalue weighted by molar-refractivity contribution is -0.137. The maximum absolute atomic E-state index is 13.6. The minimum absolute atomic E-state index is 0.0166. The molecule has 37 heavy (non-hydrogen) atoms. The second-order valence-electron chi connectivity index (χ2n) is 9.67. The smallest absolute Gasteiger partial charge is 0.416 e. The van der Waals surface area contributed by atoms with Gasteiger partial charge in [-0.15, -0.1) is 0 Å². The Morgan fingerprint density at radius 1 is 0.946 bits per heavy atom. The fourth-order valence-electron chi connectivity index (χ4n) is 3.97. The SMILES string of the molecule is CC(C)(Cc1cccc(CC(=O)NCc2cc(F)cc(C(F)(F)F)c2)c1)NCC(O)c1ccc(O)cc1. The van der Waals surface area contributed by atoms with Crippen LogP contribution in [0, 0.1) is 5.82 Å². The van der Waals surface area contributed by atoms with Gasteiger partial charge < -0.3 is 20.8 Å². The largest absolute Gasteiger partial charge is 0.508 e. The van der Waals surface area contributed by atoms with E-state index in [1.165, 1.54) is 12.1 Å². The van der Waals surface area contributed by atoms with E-state index in [4.69, 9.17) is 0 Å². The van der Waals surface area contributed by atoms with Crippen LogP contribution in [0.3, 0.4) is 0 Å². The van der Waals surface area contributed by atoms with Crippen LogP contribution in [0.15, 0.2) is 66.7 Å². The van der Waals surface area contributed by atoms with E-state index in [0.717, 1.165) is 23.3 Å². The molecule has 0 saturated carbocycles. The van der Waals surface area contributed by atoms with Gasteiger partial charge in [-0.3, -0.25) is 4.79 Å². The Morgan fingerprint density at radius 3 is 2.30 bits per heavy atom. The maximum atomic E-state index is 13.6. The molecule has 0 saturated heterocycles. The first-order valence-corrected chi connectivity index (χ1v) is 11.7. The van der Waals surface area contributed by atoms with Crippen molar-refractivity contribution in [2.45, 2.75) is 51.1 Å². The lowest BCUT2D eigenvalue weighted by Gasteiger charge is -2.28. The molecule has 9 heteroatoms. The van der Waals surface area contributed by atoms with Gasteiger partial charge in [-0.05, 0) is 72.9 Å². The molecule has 1 amide bonds. The zero-order valence-electron chi connectivity index (χ0n) is 20.6. The molecule has 4 N–H and O–H groups in total. The highest BCUT2D eigenvalue weighted by molar-refractivity contribution is 5.78. The molecule has 198 valence electrons. The third-order valence-electron chi connectivity index (χ3n) is 5.83. The number of nitrogens with one attached hydrogen (secondary N) is 2. The minimum atomic E-state index is -4.67. The van der Waals surface area contributed by atoms with Crippen LogP contribution in [-0.4, -0.2) is 28.2 Å². The van der Waals surface area contributed by atoms with Crippen LogP contribution in [0.5, 0.6) is 5.75 Å². The van der Waals surface area contributed by atoms with E-state index < -0.39 is 29.6 Å². The summed E-state index contributed by atoms with van der Waals surface area (Å²) >= 11 is 0. The molecule has 0 radical (unpaired) electrons. The second kappa shape index (κ2) is 11.7. The lowest BCUT2D eigenvalue weighted by atomic mass is 9.93. The molecule has 0 aromatic heterocycles. The first-order chi connectivity index (χ1) is 17.3. The van der Waals surface area contributed by atoms with Crippen LogP contribution in [0.2, 0.25) is 0 Å². The summed E-state index contributed by atoms with van der Waals surface area (Å²) in [6.45, 7) is 4.06. The molecule has 0 fully saturated rings. The molecular formula is C28H30F4N2O3. The number of hydrogen-bond donors (Lipinski definition) is 4. The molecule has 3 rings (SSSR count). The van der Waals surface area contributed by atoms with Gasteiger partial charge in [0, 0.05) is 18.6 Å². The number of carbonyl (C=O) groups is 1. The van der Waals surface area contributed by atoms with Crippen molar-refractivity contribution in [3.05, 3.63) is 100 Å². The summed E-state index contributed by atoms with van der Waals surface area (Å²) in [6.07, 6.45) is -4.80. The van der Waals surface area contributed by atoms with E-state index >= 15 is 0 Å². The number of β-amino-alcohol motifs (C(OH)–C–C–N with tert-alkyl or cyclic N) is 1.